The lowest BCUT2D eigenvalue weighted by atomic mass is 9.94. The minimum atomic E-state index is -3.88. The molecule has 2 unspecified atom stereocenters. The van der Waals surface area contributed by atoms with E-state index in [1.807, 2.05) is 6.92 Å². The predicted octanol–water partition coefficient (Wildman–Crippen LogP) is 6.36. The van der Waals surface area contributed by atoms with Crippen LogP contribution < -0.4 is 9.47 Å². The lowest BCUT2D eigenvalue weighted by Gasteiger charge is -2.33. The van der Waals surface area contributed by atoms with E-state index in [1.54, 1.807) is 0 Å². The topological polar surface area (TPSA) is 36.9 Å². The van der Waals surface area contributed by atoms with Gasteiger partial charge >= 0.3 is 6.11 Å². The molecule has 2 atom stereocenters. The summed E-state index contributed by atoms with van der Waals surface area (Å²) in [6, 6.07) is 0.898. The van der Waals surface area contributed by atoms with Crippen LogP contribution in [0.4, 0.5) is 22.0 Å². The van der Waals surface area contributed by atoms with Crippen LogP contribution in [0.1, 0.15) is 38.2 Å². The van der Waals surface area contributed by atoms with Gasteiger partial charge in [-0.05, 0) is 36.8 Å². The molecule has 1 saturated heterocycles. The van der Waals surface area contributed by atoms with E-state index in [2.05, 4.69) is 22.6 Å². The first kappa shape index (κ1) is 24.1. The highest BCUT2D eigenvalue weighted by molar-refractivity contribution is 5.52. The Morgan fingerprint density at radius 1 is 1.25 bits per heavy atom. The van der Waals surface area contributed by atoms with Crippen molar-refractivity contribution in [3.8, 4) is 11.5 Å². The number of allylic oxidation sites excluding steroid dienone is 2. The molecule has 2 aliphatic heterocycles. The van der Waals surface area contributed by atoms with Crippen molar-refractivity contribution in [2.24, 2.45) is 5.92 Å². The Morgan fingerprint density at radius 3 is 2.56 bits per heavy atom. The molecule has 0 aromatic heterocycles. The highest BCUT2D eigenvalue weighted by Crippen LogP contribution is 2.42. The molecule has 3 rings (SSSR count). The largest absolute Gasteiger partial charge is 0.494 e. The van der Waals surface area contributed by atoms with Crippen LogP contribution in [0.15, 0.2) is 42.1 Å². The van der Waals surface area contributed by atoms with Gasteiger partial charge in [0.1, 0.15) is 0 Å². The number of hydrogen-bond acceptors (Lipinski definition) is 4. The van der Waals surface area contributed by atoms with E-state index in [-0.39, 0.29) is 36.5 Å². The third-order valence-corrected chi connectivity index (χ3v) is 5.51. The van der Waals surface area contributed by atoms with Crippen molar-refractivity contribution in [3.05, 3.63) is 59.3 Å². The third-order valence-electron chi connectivity index (χ3n) is 5.51. The van der Waals surface area contributed by atoms with Crippen molar-refractivity contribution in [2.75, 3.05) is 13.7 Å². The molecule has 0 bridgehead atoms. The summed E-state index contributed by atoms with van der Waals surface area (Å²) < 4.78 is 92.6. The summed E-state index contributed by atoms with van der Waals surface area (Å²) in [4.78, 5) is 0. The van der Waals surface area contributed by atoms with Crippen molar-refractivity contribution < 1.29 is 40.9 Å². The molecular formula is C23H25F5O4. The van der Waals surface area contributed by atoms with Gasteiger partial charge in [-0.15, -0.1) is 0 Å². The predicted molar refractivity (Wildman–Crippen MR) is 107 cm³/mol. The smallest absolute Gasteiger partial charge is 0.424 e. The molecular weight excluding hydrogens is 435 g/mol. The highest BCUT2D eigenvalue weighted by atomic mass is 19.3. The molecule has 0 amide bonds. The molecule has 0 saturated carbocycles. The van der Waals surface area contributed by atoms with E-state index in [1.165, 1.54) is 7.11 Å². The van der Waals surface area contributed by atoms with Gasteiger partial charge in [0.05, 0.1) is 13.7 Å². The maximum atomic E-state index is 14.7. The first-order valence-electron chi connectivity index (χ1n) is 10.3. The zero-order valence-electron chi connectivity index (χ0n) is 17.9. The number of fused-ring (bicyclic) bond motifs is 1. The van der Waals surface area contributed by atoms with Crippen LogP contribution in [0.3, 0.4) is 0 Å². The zero-order chi connectivity index (χ0) is 23.6. The summed E-state index contributed by atoms with van der Waals surface area (Å²) >= 11 is 0. The standard InChI is InChI=1S/C23H25F5O4/c1-5-6-14-7-8-17(30-11-14)23(27,28)32-16-10-15-9-12(2)21(18(24)13(3)29-4)31-22(15)20(26)19(16)25/h10,14,17H,2-3,5-9,11H2,1,4H3/b21-18-. The maximum absolute atomic E-state index is 14.7. The number of halogens is 5. The van der Waals surface area contributed by atoms with Crippen molar-refractivity contribution >= 4 is 0 Å². The Kier molecular flexibility index (Phi) is 7.17. The van der Waals surface area contributed by atoms with Crippen molar-refractivity contribution in [1.82, 2.24) is 0 Å². The third kappa shape index (κ3) is 4.77. The first-order valence-corrected chi connectivity index (χ1v) is 10.3. The second-order valence-corrected chi connectivity index (χ2v) is 7.86. The maximum Gasteiger partial charge on any atom is 0.424 e. The fraction of sp³-hybridized carbons (Fsp3) is 0.478. The van der Waals surface area contributed by atoms with Crippen LogP contribution >= 0.6 is 0 Å². The minimum Gasteiger partial charge on any atom is -0.494 e. The van der Waals surface area contributed by atoms with Crippen LogP contribution in [0.25, 0.3) is 0 Å². The number of alkyl halides is 2. The summed E-state index contributed by atoms with van der Waals surface area (Å²) in [5.41, 5.74) is 0.0429. The average Bonchev–Trinajstić information content (AvgIpc) is 2.76. The summed E-state index contributed by atoms with van der Waals surface area (Å²) in [5, 5.41) is 0. The molecule has 1 aromatic carbocycles. The zero-order valence-corrected chi connectivity index (χ0v) is 17.9. The lowest BCUT2D eigenvalue weighted by Crippen LogP contribution is -2.44. The molecule has 4 nitrogen and oxygen atoms in total. The van der Waals surface area contributed by atoms with Crippen LogP contribution in [-0.2, 0) is 15.9 Å². The molecule has 2 heterocycles. The van der Waals surface area contributed by atoms with Crippen molar-refractivity contribution in [1.29, 1.82) is 0 Å². The van der Waals surface area contributed by atoms with Crippen LogP contribution in [0.2, 0.25) is 0 Å². The van der Waals surface area contributed by atoms with Crippen LogP contribution in [-0.4, -0.2) is 25.9 Å². The first-order chi connectivity index (χ1) is 15.1. The van der Waals surface area contributed by atoms with Gasteiger partial charge in [-0.3, -0.25) is 0 Å². The van der Waals surface area contributed by atoms with Crippen LogP contribution in [0, 0.1) is 17.6 Å². The van der Waals surface area contributed by atoms with E-state index >= 15 is 0 Å². The Labute approximate surface area is 183 Å². The summed E-state index contributed by atoms with van der Waals surface area (Å²) in [5.74, 6) is -6.61. The molecule has 1 fully saturated rings. The molecule has 1 aromatic rings. The molecule has 0 N–H and O–H groups in total. The molecule has 2 aliphatic rings. The highest BCUT2D eigenvalue weighted by Gasteiger charge is 2.46. The molecule has 0 aliphatic carbocycles. The second kappa shape index (κ2) is 9.52. The van der Waals surface area contributed by atoms with Gasteiger partial charge in [-0.25, -0.2) is 0 Å². The SMILES string of the molecule is C=C(OC)/C(F)=C1/Oc2c(cc(OC(F)(F)C3CCC(CCC)CO3)c(F)c2F)CC1=C. The fourth-order valence-electron chi connectivity index (χ4n) is 3.77. The Balaban J connectivity index is 1.84. The molecule has 0 spiro atoms. The Bertz CT molecular complexity index is 933. The van der Waals surface area contributed by atoms with Gasteiger partial charge in [0.25, 0.3) is 0 Å². The summed E-state index contributed by atoms with van der Waals surface area (Å²) in [6.45, 7) is 9.12. The molecule has 32 heavy (non-hydrogen) atoms. The molecule has 176 valence electrons. The monoisotopic (exact) mass is 460 g/mol. The minimum absolute atomic E-state index is 0.0214. The summed E-state index contributed by atoms with van der Waals surface area (Å²) in [6.07, 6.45) is -3.31. The van der Waals surface area contributed by atoms with Gasteiger partial charge in [0, 0.05) is 12.0 Å². The number of hydrogen-bond donors (Lipinski definition) is 0. The Morgan fingerprint density at radius 2 is 1.97 bits per heavy atom. The molecule has 0 radical (unpaired) electrons. The van der Waals surface area contributed by atoms with Crippen LogP contribution in [0.5, 0.6) is 11.5 Å². The number of rotatable bonds is 7. The van der Waals surface area contributed by atoms with E-state index < -0.39 is 52.7 Å². The van der Waals surface area contributed by atoms with Gasteiger partial charge in [0.2, 0.25) is 17.5 Å². The number of ether oxygens (including phenoxy) is 4. The van der Waals surface area contributed by atoms with E-state index in [9.17, 15) is 22.0 Å². The van der Waals surface area contributed by atoms with Gasteiger partial charge in [0.15, 0.2) is 29.1 Å². The lowest BCUT2D eigenvalue weighted by molar-refractivity contribution is -0.265. The van der Waals surface area contributed by atoms with Gasteiger partial charge in [-0.1, -0.05) is 26.5 Å². The second-order valence-electron chi connectivity index (χ2n) is 7.86. The quantitative estimate of drug-likeness (QED) is 0.350. The van der Waals surface area contributed by atoms with Crippen molar-refractivity contribution in [2.45, 2.75) is 51.2 Å². The average molecular weight is 460 g/mol. The van der Waals surface area contributed by atoms with Gasteiger partial charge < -0.3 is 18.9 Å². The van der Waals surface area contributed by atoms with E-state index in [4.69, 9.17) is 9.47 Å². The Hall–Kier alpha value is -2.55. The fourth-order valence-corrected chi connectivity index (χ4v) is 3.77. The van der Waals surface area contributed by atoms with E-state index in [0.717, 1.165) is 18.9 Å². The van der Waals surface area contributed by atoms with E-state index in [0.29, 0.717) is 6.42 Å². The normalized spacial score (nSPS) is 22.7. The number of benzene rings is 1. The van der Waals surface area contributed by atoms with Crippen molar-refractivity contribution in [3.63, 3.8) is 0 Å². The number of methoxy groups -OCH3 is 1. The summed E-state index contributed by atoms with van der Waals surface area (Å²) in [7, 11) is 1.17. The van der Waals surface area contributed by atoms with Gasteiger partial charge in [-0.2, -0.15) is 22.0 Å². The molecule has 9 heteroatoms.